The van der Waals surface area contributed by atoms with Gasteiger partial charge in [0.25, 0.3) is 0 Å². The molecule has 0 aromatic carbocycles. The molecule has 5 nitrogen and oxygen atoms in total. The van der Waals surface area contributed by atoms with Gasteiger partial charge in [0.15, 0.2) is 0 Å². The summed E-state index contributed by atoms with van der Waals surface area (Å²) in [6.45, 7) is 3.61. The molecule has 0 radical (unpaired) electrons. The Labute approximate surface area is 138 Å². The van der Waals surface area contributed by atoms with Gasteiger partial charge in [-0.25, -0.2) is 4.79 Å². The number of allylic oxidation sites excluding steroid dienone is 1. The van der Waals surface area contributed by atoms with Crippen LogP contribution in [0.1, 0.15) is 6.92 Å². The minimum atomic E-state index is -1.15. The van der Waals surface area contributed by atoms with Gasteiger partial charge >= 0.3 is 57.4 Å². The molecule has 0 atom stereocenters. The van der Waals surface area contributed by atoms with E-state index in [0.717, 1.165) is 18.7 Å². The summed E-state index contributed by atoms with van der Waals surface area (Å²) < 4.78 is 0. The van der Waals surface area contributed by atoms with Crippen LogP contribution in [0, 0.1) is 0 Å². The van der Waals surface area contributed by atoms with Crippen molar-refractivity contribution in [2.45, 2.75) is 6.92 Å². The van der Waals surface area contributed by atoms with Gasteiger partial charge in [-0.2, -0.15) is 0 Å². The average molecular weight is 250 g/mol. The molecule has 0 saturated heterocycles. The first kappa shape index (κ1) is 18.4. The third-order valence-corrected chi connectivity index (χ3v) is 1.42. The quantitative estimate of drug-likeness (QED) is 0.123. The van der Waals surface area contributed by atoms with Crippen LogP contribution >= 0.6 is 0 Å². The van der Waals surface area contributed by atoms with Gasteiger partial charge in [-0.3, -0.25) is 4.99 Å². The van der Waals surface area contributed by atoms with Crippen LogP contribution in [0.5, 0.6) is 0 Å². The monoisotopic (exact) mass is 250 g/mol. The van der Waals surface area contributed by atoms with Crippen molar-refractivity contribution in [2.24, 2.45) is 4.99 Å². The van der Waals surface area contributed by atoms with Crippen molar-refractivity contribution in [3.05, 3.63) is 24.3 Å². The third kappa shape index (κ3) is 14.0. The Kier molecular flexibility index (Phi) is 15.0. The summed E-state index contributed by atoms with van der Waals surface area (Å²) >= 11 is 0. The molecule has 0 unspecified atom stereocenters. The molecule has 0 heterocycles. The van der Waals surface area contributed by atoms with Gasteiger partial charge in [0.1, 0.15) is 0 Å². The van der Waals surface area contributed by atoms with Gasteiger partial charge in [0, 0.05) is 19.2 Å². The second kappa shape index (κ2) is 13.1. The molecular formula is C10H15KN2O3. The van der Waals surface area contributed by atoms with Crippen LogP contribution in [-0.2, 0) is 4.79 Å². The second-order valence-corrected chi connectivity index (χ2v) is 2.66. The predicted molar refractivity (Wildman–Crippen MR) is 56.8 cm³/mol. The molecular weight excluding hydrogens is 235 g/mol. The molecule has 2 N–H and O–H groups in total. The zero-order valence-electron chi connectivity index (χ0n) is 9.64. The van der Waals surface area contributed by atoms with E-state index in [1.54, 1.807) is 0 Å². The topological polar surface area (TPSA) is 84.8 Å². The van der Waals surface area contributed by atoms with Crippen LogP contribution in [0.25, 0.3) is 0 Å². The molecule has 0 aliphatic rings. The fourth-order valence-electron chi connectivity index (χ4n) is 0.744. The Morgan fingerprint density at radius 2 is 2.19 bits per heavy atom. The van der Waals surface area contributed by atoms with E-state index in [1.807, 2.05) is 19.1 Å². The molecule has 0 fully saturated rings. The molecule has 6 heteroatoms. The van der Waals surface area contributed by atoms with E-state index in [4.69, 9.17) is 5.11 Å². The minimum Gasteiger partial charge on any atom is -0.859 e. The number of rotatable bonds is 7. The number of nitrogens with zero attached hydrogens (tertiary/aromatic N) is 1. The van der Waals surface area contributed by atoms with Gasteiger partial charge in [0.05, 0.1) is 6.54 Å². The molecule has 0 aliphatic carbocycles. The standard InChI is InChI=1S/C10H16N2O3.K/c1-2-3-6-11-7-8-12-9(13)4-5-10(14)15;/h2-5,11H,6-8H2,1H3,(H,12,13)(H,14,15);/q;+1/p-1/b3-2+,5-4+;. The number of carboxylic acid groups (broad SMARTS) is 1. The fourth-order valence-corrected chi connectivity index (χ4v) is 0.744. The summed E-state index contributed by atoms with van der Waals surface area (Å²) in [6.07, 6.45) is 5.59. The second-order valence-electron chi connectivity index (χ2n) is 2.66. The average Bonchev–Trinajstić information content (AvgIpc) is 2.20. The third-order valence-electron chi connectivity index (χ3n) is 1.42. The summed E-state index contributed by atoms with van der Waals surface area (Å²) in [7, 11) is 0. The maximum Gasteiger partial charge on any atom is 1.00 e. The van der Waals surface area contributed by atoms with E-state index >= 15 is 0 Å². The molecule has 0 aromatic heterocycles. The van der Waals surface area contributed by atoms with Crippen molar-refractivity contribution in [3.63, 3.8) is 0 Å². The van der Waals surface area contributed by atoms with E-state index < -0.39 is 11.9 Å². The summed E-state index contributed by atoms with van der Waals surface area (Å²) in [5, 5.41) is 22.1. The van der Waals surface area contributed by atoms with E-state index in [0.29, 0.717) is 13.1 Å². The Hall–Kier alpha value is 0.0164. The molecule has 84 valence electrons. The Bertz CT molecular complexity index is 275. The number of aliphatic carboxylic acids is 1. The molecule has 0 aromatic rings. The number of carboxylic acids is 1. The summed E-state index contributed by atoms with van der Waals surface area (Å²) in [4.78, 5) is 13.7. The van der Waals surface area contributed by atoms with Gasteiger partial charge in [-0.15, -0.1) is 0 Å². The van der Waals surface area contributed by atoms with E-state index in [2.05, 4.69) is 10.3 Å². The van der Waals surface area contributed by atoms with Crippen molar-refractivity contribution in [1.29, 1.82) is 0 Å². The van der Waals surface area contributed by atoms with Crippen LogP contribution in [0.3, 0.4) is 0 Å². The largest absolute Gasteiger partial charge is 1.00 e. The van der Waals surface area contributed by atoms with Crippen LogP contribution in [0.15, 0.2) is 29.3 Å². The molecule has 16 heavy (non-hydrogen) atoms. The summed E-state index contributed by atoms with van der Waals surface area (Å²) in [6, 6.07) is 0. The summed E-state index contributed by atoms with van der Waals surface area (Å²) in [5.41, 5.74) is 0. The number of hydrogen-bond donors (Lipinski definition) is 2. The summed E-state index contributed by atoms with van der Waals surface area (Å²) in [5.74, 6) is -1.67. The van der Waals surface area contributed by atoms with E-state index in [1.165, 1.54) is 0 Å². The van der Waals surface area contributed by atoms with E-state index in [9.17, 15) is 9.90 Å². The first-order chi connectivity index (χ1) is 7.16. The van der Waals surface area contributed by atoms with Crippen molar-refractivity contribution in [1.82, 2.24) is 5.32 Å². The Balaban J connectivity index is 0. The van der Waals surface area contributed by atoms with E-state index in [-0.39, 0.29) is 51.4 Å². The fraction of sp³-hybridized carbons (Fsp3) is 0.400. The Morgan fingerprint density at radius 3 is 2.75 bits per heavy atom. The number of nitrogens with one attached hydrogen (secondary N) is 1. The predicted octanol–water partition coefficient (Wildman–Crippen LogP) is -3.44. The zero-order valence-corrected chi connectivity index (χ0v) is 12.8. The first-order valence-electron chi connectivity index (χ1n) is 4.61. The number of aliphatic imine (C=N–C) groups is 1. The zero-order chi connectivity index (χ0) is 11.5. The number of hydrogen-bond acceptors (Lipinski definition) is 4. The molecule has 0 bridgehead atoms. The van der Waals surface area contributed by atoms with Crippen molar-refractivity contribution >= 4 is 11.9 Å². The molecule has 0 rings (SSSR count). The smallest absolute Gasteiger partial charge is 0.859 e. The first-order valence-corrected chi connectivity index (χ1v) is 4.61. The number of carbonyl (C=O) groups is 1. The SMILES string of the molecule is C/C=C/CNCCN=C([O-])/C=C/C(=O)O.[K+]. The maximum atomic E-state index is 10.9. The molecule has 0 spiro atoms. The van der Waals surface area contributed by atoms with Crippen LogP contribution < -0.4 is 61.8 Å². The normalized spacial score (nSPS) is 11.9. The molecule has 0 saturated carbocycles. The van der Waals surface area contributed by atoms with Crippen molar-refractivity contribution in [3.8, 4) is 0 Å². The van der Waals surface area contributed by atoms with Crippen LogP contribution in [-0.4, -0.2) is 36.6 Å². The van der Waals surface area contributed by atoms with Crippen molar-refractivity contribution in [2.75, 3.05) is 19.6 Å². The van der Waals surface area contributed by atoms with Gasteiger partial charge < -0.3 is 15.5 Å². The van der Waals surface area contributed by atoms with Gasteiger partial charge in [-0.05, 0) is 18.9 Å². The molecule has 0 aliphatic heterocycles. The van der Waals surface area contributed by atoms with Crippen LogP contribution in [0.4, 0.5) is 0 Å². The maximum absolute atomic E-state index is 10.9. The minimum absolute atomic E-state index is 0. The van der Waals surface area contributed by atoms with Gasteiger partial charge in [0.2, 0.25) is 0 Å². The van der Waals surface area contributed by atoms with Crippen LogP contribution in [0.2, 0.25) is 0 Å². The van der Waals surface area contributed by atoms with Crippen molar-refractivity contribution < 1.29 is 66.4 Å². The van der Waals surface area contributed by atoms with Gasteiger partial charge in [-0.1, -0.05) is 12.2 Å². The Morgan fingerprint density at radius 1 is 1.50 bits per heavy atom. The molecule has 0 amide bonds.